The third-order valence-electron chi connectivity index (χ3n) is 5.22. The SMILES string of the molecule is CC1CC(C)CN(S(=O)(=O)c2ccc(C(=O)NCC3=CCNCC3)cc2)C1.Cl. The van der Waals surface area contributed by atoms with Crippen LogP contribution < -0.4 is 10.6 Å². The summed E-state index contributed by atoms with van der Waals surface area (Å²) in [6.45, 7) is 7.59. The van der Waals surface area contributed by atoms with Crippen LogP contribution in [-0.4, -0.2) is 51.4 Å². The highest BCUT2D eigenvalue weighted by Crippen LogP contribution is 2.26. The number of halogens is 1. The Balaban J connectivity index is 0.00000280. The first-order valence-corrected chi connectivity index (χ1v) is 11.1. The summed E-state index contributed by atoms with van der Waals surface area (Å²) in [5.41, 5.74) is 1.69. The van der Waals surface area contributed by atoms with Crippen LogP contribution >= 0.6 is 12.4 Å². The number of nitrogens with zero attached hydrogens (tertiary/aromatic N) is 1. The van der Waals surface area contributed by atoms with Gasteiger partial charge in [-0.3, -0.25) is 4.79 Å². The van der Waals surface area contributed by atoms with Crippen molar-refractivity contribution in [2.75, 3.05) is 32.7 Å². The molecule has 28 heavy (non-hydrogen) atoms. The van der Waals surface area contributed by atoms with E-state index >= 15 is 0 Å². The molecule has 8 heteroatoms. The minimum absolute atomic E-state index is 0. The van der Waals surface area contributed by atoms with Gasteiger partial charge in [-0.25, -0.2) is 8.42 Å². The van der Waals surface area contributed by atoms with Crippen LogP contribution in [-0.2, 0) is 10.0 Å². The molecular weight excluding hydrogens is 398 g/mol. The van der Waals surface area contributed by atoms with Crippen molar-refractivity contribution in [2.45, 2.75) is 31.6 Å². The molecule has 1 aromatic carbocycles. The summed E-state index contributed by atoms with van der Waals surface area (Å²) in [5.74, 6) is 0.536. The van der Waals surface area contributed by atoms with Gasteiger partial charge in [0.2, 0.25) is 10.0 Å². The lowest BCUT2D eigenvalue weighted by Gasteiger charge is -2.34. The Morgan fingerprint density at radius 3 is 2.39 bits per heavy atom. The van der Waals surface area contributed by atoms with E-state index in [1.165, 1.54) is 17.7 Å². The van der Waals surface area contributed by atoms with Gasteiger partial charge in [0.15, 0.2) is 0 Å². The molecule has 0 radical (unpaired) electrons. The normalized spacial score (nSPS) is 23.4. The monoisotopic (exact) mass is 427 g/mol. The quantitative estimate of drug-likeness (QED) is 0.707. The van der Waals surface area contributed by atoms with Crippen molar-refractivity contribution in [3.05, 3.63) is 41.5 Å². The zero-order chi connectivity index (χ0) is 19.4. The highest BCUT2D eigenvalue weighted by molar-refractivity contribution is 7.89. The molecule has 2 aliphatic heterocycles. The molecular formula is C20H30ClN3O3S. The lowest BCUT2D eigenvalue weighted by atomic mass is 9.94. The van der Waals surface area contributed by atoms with Crippen LogP contribution in [0.3, 0.4) is 0 Å². The van der Waals surface area contributed by atoms with Crippen molar-refractivity contribution in [1.82, 2.24) is 14.9 Å². The van der Waals surface area contributed by atoms with Gasteiger partial charge in [-0.05, 0) is 55.5 Å². The van der Waals surface area contributed by atoms with Crippen LogP contribution in [0.4, 0.5) is 0 Å². The van der Waals surface area contributed by atoms with E-state index in [0.717, 1.165) is 25.9 Å². The van der Waals surface area contributed by atoms with Gasteiger partial charge in [-0.2, -0.15) is 4.31 Å². The third-order valence-corrected chi connectivity index (χ3v) is 7.07. The number of sulfonamides is 1. The molecule has 1 fully saturated rings. The van der Waals surface area contributed by atoms with Gasteiger partial charge in [0.1, 0.15) is 0 Å². The lowest BCUT2D eigenvalue weighted by Crippen LogP contribution is -2.42. The molecule has 0 spiro atoms. The van der Waals surface area contributed by atoms with Gasteiger partial charge in [-0.15, -0.1) is 12.4 Å². The maximum absolute atomic E-state index is 12.9. The predicted molar refractivity (Wildman–Crippen MR) is 113 cm³/mol. The minimum atomic E-state index is -3.51. The third kappa shape index (κ3) is 5.56. The fourth-order valence-electron chi connectivity index (χ4n) is 3.86. The number of hydrogen-bond donors (Lipinski definition) is 2. The van der Waals surface area contributed by atoms with Crippen molar-refractivity contribution in [3.8, 4) is 0 Å². The van der Waals surface area contributed by atoms with Crippen molar-refractivity contribution in [1.29, 1.82) is 0 Å². The standard InChI is InChI=1S/C20H29N3O3S.ClH/c1-15-11-16(2)14-23(13-15)27(25,26)19-5-3-18(4-6-19)20(24)22-12-17-7-9-21-10-8-17;/h3-7,15-16,21H,8-14H2,1-2H3,(H,22,24);1H. The second-order valence-corrected chi connectivity index (χ2v) is 9.73. The van der Waals surface area contributed by atoms with Crippen molar-refractivity contribution >= 4 is 28.3 Å². The van der Waals surface area contributed by atoms with Gasteiger partial charge >= 0.3 is 0 Å². The molecule has 1 saturated heterocycles. The minimum Gasteiger partial charge on any atom is -0.348 e. The number of carbonyl (C=O) groups excluding carboxylic acids is 1. The highest BCUT2D eigenvalue weighted by Gasteiger charge is 2.31. The molecule has 0 aliphatic carbocycles. The number of piperidine rings is 1. The summed E-state index contributed by atoms with van der Waals surface area (Å²) in [5, 5.41) is 6.14. The fourth-order valence-corrected chi connectivity index (χ4v) is 5.53. The number of hydrogen-bond acceptors (Lipinski definition) is 4. The molecule has 1 aromatic rings. The molecule has 2 atom stereocenters. The molecule has 3 rings (SSSR count). The summed E-state index contributed by atoms with van der Waals surface area (Å²) < 4.78 is 27.4. The predicted octanol–water partition coefficient (Wildman–Crippen LogP) is 2.42. The van der Waals surface area contributed by atoms with Crippen molar-refractivity contribution in [3.63, 3.8) is 0 Å². The van der Waals surface area contributed by atoms with Gasteiger partial charge < -0.3 is 10.6 Å². The van der Waals surface area contributed by atoms with Gasteiger partial charge in [0.05, 0.1) is 4.90 Å². The Kier molecular flexibility index (Phi) is 8.07. The summed E-state index contributed by atoms with van der Waals surface area (Å²) in [6.07, 6.45) is 4.09. The van der Waals surface area contributed by atoms with Crippen LogP contribution in [0, 0.1) is 11.8 Å². The molecule has 156 valence electrons. The number of benzene rings is 1. The Morgan fingerprint density at radius 1 is 1.18 bits per heavy atom. The molecule has 2 heterocycles. The maximum atomic E-state index is 12.9. The lowest BCUT2D eigenvalue weighted by molar-refractivity contribution is 0.0956. The van der Waals surface area contributed by atoms with Crippen molar-refractivity contribution in [2.24, 2.45) is 11.8 Å². The van der Waals surface area contributed by atoms with E-state index in [-0.39, 0.29) is 23.2 Å². The van der Waals surface area contributed by atoms with E-state index in [9.17, 15) is 13.2 Å². The van der Waals surface area contributed by atoms with Crippen LogP contribution in [0.5, 0.6) is 0 Å². The molecule has 1 amide bonds. The fraction of sp³-hybridized carbons (Fsp3) is 0.550. The van der Waals surface area contributed by atoms with E-state index in [2.05, 4.69) is 30.6 Å². The molecule has 2 aliphatic rings. The first-order valence-electron chi connectivity index (χ1n) is 9.63. The molecule has 2 unspecified atom stereocenters. The smallest absolute Gasteiger partial charge is 0.251 e. The van der Waals surface area contributed by atoms with Crippen LogP contribution in [0.1, 0.15) is 37.0 Å². The Hall–Kier alpha value is -1.41. The van der Waals surface area contributed by atoms with E-state index in [4.69, 9.17) is 0 Å². The summed E-state index contributed by atoms with van der Waals surface area (Å²) in [7, 11) is -3.51. The van der Waals surface area contributed by atoms with Crippen molar-refractivity contribution < 1.29 is 13.2 Å². The average molecular weight is 428 g/mol. The Labute approximate surface area is 174 Å². The summed E-state index contributed by atoms with van der Waals surface area (Å²) in [4.78, 5) is 12.6. The summed E-state index contributed by atoms with van der Waals surface area (Å²) >= 11 is 0. The van der Waals surface area contributed by atoms with Crippen LogP contribution in [0.15, 0.2) is 40.8 Å². The largest absolute Gasteiger partial charge is 0.348 e. The van der Waals surface area contributed by atoms with Gasteiger partial charge in [0, 0.05) is 31.7 Å². The average Bonchev–Trinajstić information content (AvgIpc) is 2.66. The summed E-state index contributed by atoms with van der Waals surface area (Å²) in [6, 6.07) is 6.27. The number of rotatable bonds is 5. The topological polar surface area (TPSA) is 78.5 Å². The van der Waals surface area contributed by atoms with E-state index in [0.29, 0.717) is 37.0 Å². The molecule has 6 nitrogen and oxygen atoms in total. The zero-order valence-corrected chi connectivity index (χ0v) is 18.1. The highest BCUT2D eigenvalue weighted by atomic mass is 35.5. The second-order valence-electron chi connectivity index (χ2n) is 7.79. The Morgan fingerprint density at radius 2 is 1.82 bits per heavy atom. The van der Waals surface area contributed by atoms with E-state index < -0.39 is 10.0 Å². The van der Waals surface area contributed by atoms with Gasteiger partial charge in [-0.1, -0.05) is 25.5 Å². The van der Waals surface area contributed by atoms with E-state index in [1.54, 1.807) is 16.4 Å². The molecule has 0 bridgehead atoms. The number of amides is 1. The molecule has 2 N–H and O–H groups in total. The first-order chi connectivity index (χ1) is 12.9. The van der Waals surface area contributed by atoms with E-state index in [1.807, 2.05) is 0 Å². The Bertz CT molecular complexity index is 798. The maximum Gasteiger partial charge on any atom is 0.251 e. The number of carbonyl (C=O) groups is 1. The second kappa shape index (κ2) is 9.87. The molecule has 0 aromatic heterocycles. The van der Waals surface area contributed by atoms with Crippen LogP contribution in [0.2, 0.25) is 0 Å². The first kappa shape index (κ1) is 22.9. The zero-order valence-electron chi connectivity index (χ0n) is 16.5. The molecule has 0 saturated carbocycles. The van der Waals surface area contributed by atoms with Gasteiger partial charge in [0.25, 0.3) is 5.91 Å². The van der Waals surface area contributed by atoms with Crippen LogP contribution in [0.25, 0.3) is 0 Å². The number of nitrogens with one attached hydrogen (secondary N) is 2.